The van der Waals surface area contributed by atoms with Crippen LogP contribution >= 0.6 is 23.6 Å². The molecule has 0 saturated heterocycles. The van der Waals surface area contributed by atoms with Crippen LogP contribution in [0.25, 0.3) is 20.8 Å². The number of phenols is 1. The molecule has 8 nitrogen and oxygen atoms in total. The Kier molecular flexibility index (Phi) is 5.80. The monoisotopic (exact) mass is 464 g/mol. The lowest BCUT2D eigenvalue weighted by Gasteiger charge is -2.12. The molecule has 0 aliphatic heterocycles. The molecular formula is C22H16N4O4S2. The molecule has 3 N–H and O–H groups in total. The fourth-order valence-electron chi connectivity index (χ4n) is 3.17. The maximum Gasteiger partial charge on any atom is 0.273 e. The fourth-order valence-corrected chi connectivity index (χ4v) is 4.37. The molecule has 32 heavy (non-hydrogen) atoms. The van der Waals surface area contributed by atoms with Crippen LogP contribution in [0.4, 0.5) is 11.4 Å². The number of hydrogen-bond donors (Lipinski definition) is 3. The molecule has 4 aromatic rings. The zero-order valence-corrected chi connectivity index (χ0v) is 18.3. The Balaban J connectivity index is 1.53. The number of aromatic hydroxyl groups is 1. The average Bonchev–Trinajstić information content (AvgIpc) is 3.19. The van der Waals surface area contributed by atoms with Crippen LogP contribution in [0.15, 0.2) is 60.7 Å². The number of phenolic OH excluding ortho intramolecular Hbond substituents is 1. The lowest BCUT2D eigenvalue weighted by Crippen LogP contribution is -2.34. The average molecular weight is 465 g/mol. The SMILES string of the molecule is Cc1c(C(=O)NC(=S)Nc2ccc(O)c(-c3nc4ccccc4s3)c2)cccc1[N+](=O)[O-]. The lowest BCUT2D eigenvalue weighted by molar-refractivity contribution is -0.385. The molecule has 10 heteroatoms. The number of benzene rings is 3. The number of fused-ring (bicyclic) bond motifs is 1. The minimum absolute atomic E-state index is 0.0156. The van der Waals surface area contributed by atoms with Crippen molar-refractivity contribution < 1.29 is 14.8 Å². The summed E-state index contributed by atoms with van der Waals surface area (Å²) < 4.78 is 0.996. The molecule has 160 valence electrons. The number of nitrogens with one attached hydrogen (secondary N) is 2. The van der Waals surface area contributed by atoms with Crippen LogP contribution in [0.5, 0.6) is 5.75 Å². The van der Waals surface area contributed by atoms with Gasteiger partial charge in [-0.15, -0.1) is 11.3 Å². The van der Waals surface area contributed by atoms with E-state index < -0.39 is 10.8 Å². The summed E-state index contributed by atoms with van der Waals surface area (Å²) in [6.45, 7) is 1.51. The fraction of sp³-hybridized carbons (Fsp3) is 0.0455. The number of thiocarbonyl (C=S) groups is 1. The lowest BCUT2D eigenvalue weighted by atomic mass is 10.1. The van der Waals surface area contributed by atoms with Crippen LogP contribution in [-0.2, 0) is 0 Å². The summed E-state index contributed by atoms with van der Waals surface area (Å²) >= 11 is 6.68. The van der Waals surface area contributed by atoms with Gasteiger partial charge in [-0.3, -0.25) is 20.2 Å². The molecule has 1 amide bonds. The summed E-state index contributed by atoms with van der Waals surface area (Å²) in [5, 5.41) is 27.5. The Morgan fingerprint density at radius 3 is 2.69 bits per heavy atom. The van der Waals surface area contributed by atoms with E-state index in [2.05, 4.69) is 15.6 Å². The maximum absolute atomic E-state index is 12.6. The summed E-state index contributed by atoms with van der Waals surface area (Å²) in [7, 11) is 0. The van der Waals surface area contributed by atoms with Gasteiger partial charge in [-0.25, -0.2) is 4.98 Å². The number of para-hydroxylation sites is 1. The van der Waals surface area contributed by atoms with Gasteiger partial charge in [0.2, 0.25) is 0 Å². The third kappa shape index (κ3) is 4.27. The van der Waals surface area contributed by atoms with Crippen LogP contribution in [0.1, 0.15) is 15.9 Å². The standard InChI is InChI=1S/C22H16N4O4S2/c1-12-14(5-4-7-17(12)26(29)30)20(28)25-22(31)23-13-9-10-18(27)15(11-13)21-24-16-6-2-3-8-19(16)32-21/h2-11,27H,1H3,(H2,23,25,28,31). The first-order valence-corrected chi connectivity index (χ1v) is 10.6. The van der Waals surface area contributed by atoms with Crippen molar-refractivity contribution in [2.75, 3.05) is 5.32 Å². The minimum atomic E-state index is -0.561. The first-order chi connectivity index (χ1) is 15.3. The van der Waals surface area contributed by atoms with Crippen LogP contribution in [-0.4, -0.2) is 26.0 Å². The van der Waals surface area contributed by atoms with E-state index in [-0.39, 0.29) is 27.7 Å². The quantitative estimate of drug-likeness (QED) is 0.168. The normalized spacial score (nSPS) is 10.7. The van der Waals surface area contributed by atoms with Gasteiger partial charge in [0, 0.05) is 22.9 Å². The van der Waals surface area contributed by atoms with Gasteiger partial charge < -0.3 is 10.4 Å². The van der Waals surface area contributed by atoms with E-state index in [1.54, 1.807) is 12.1 Å². The van der Waals surface area contributed by atoms with E-state index in [9.17, 15) is 20.0 Å². The highest BCUT2D eigenvalue weighted by Crippen LogP contribution is 2.36. The van der Waals surface area contributed by atoms with Gasteiger partial charge in [-0.2, -0.15) is 0 Å². The van der Waals surface area contributed by atoms with Crippen LogP contribution in [0.3, 0.4) is 0 Å². The molecule has 1 aromatic heterocycles. The highest BCUT2D eigenvalue weighted by Gasteiger charge is 2.19. The van der Waals surface area contributed by atoms with Crippen molar-refractivity contribution in [1.82, 2.24) is 10.3 Å². The summed E-state index contributed by atoms with van der Waals surface area (Å²) in [5.41, 5.74) is 2.17. The number of aromatic nitrogens is 1. The van der Waals surface area contributed by atoms with E-state index >= 15 is 0 Å². The highest BCUT2D eigenvalue weighted by atomic mass is 32.1. The number of nitro benzene ring substituents is 1. The molecule has 0 saturated carbocycles. The second kappa shape index (κ2) is 8.69. The number of thiazole rings is 1. The van der Waals surface area contributed by atoms with E-state index in [1.807, 2.05) is 24.3 Å². The van der Waals surface area contributed by atoms with Crippen molar-refractivity contribution in [3.8, 4) is 16.3 Å². The summed E-state index contributed by atoms with van der Waals surface area (Å²) in [4.78, 5) is 27.7. The zero-order valence-electron chi connectivity index (χ0n) is 16.7. The Labute approximate surface area is 191 Å². The smallest absolute Gasteiger partial charge is 0.273 e. The number of rotatable bonds is 4. The number of carbonyl (C=O) groups is 1. The maximum atomic E-state index is 12.6. The van der Waals surface area contributed by atoms with Gasteiger partial charge >= 0.3 is 0 Å². The Morgan fingerprint density at radius 2 is 1.94 bits per heavy atom. The predicted molar refractivity (Wildman–Crippen MR) is 128 cm³/mol. The molecule has 1 heterocycles. The van der Waals surface area contributed by atoms with Gasteiger partial charge in [-0.05, 0) is 55.5 Å². The van der Waals surface area contributed by atoms with Gasteiger partial charge in [0.1, 0.15) is 10.8 Å². The summed E-state index contributed by atoms with van der Waals surface area (Å²) in [5.74, 6) is -0.495. The van der Waals surface area contributed by atoms with Crippen molar-refractivity contribution >= 4 is 56.2 Å². The Hall–Kier alpha value is -3.89. The third-order valence-electron chi connectivity index (χ3n) is 4.75. The van der Waals surface area contributed by atoms with Crippen LogP contribution in [0, 0.1) is 17.0 Å². The highest BCUT2D eigenvalue weighted by molar-refractivity contribution is 7.80. The number of nitro groups is 1. The van der Waals surface area contributed by atoms with Gasteiger partial charge in [0.25, 0.3) is 11.6 Å². The number of anilines is 1. The summed E-state index contributed by atoms with van der Waals surface area (Å²) in [6, 6.07) is 16.8. The summed E-state index contributed by atoms with van der Waals surface area (Å²) in [6.07, 6.45) is 0. The number of hydrogen-bond acceptors (Lipinski definition) is 7. The van der Waals surface area contributed by atoms with Crippen molar-refractivity contribution in [1.29, 1.82) is 0 Å². The Morgan fingerprint density at radius 1 is 1.16 bits per heavy atom. The van der Waals surface area contributed by atoms with E-state index in [4.69, 9.17) is 12.2 Å². The van der Waals surface area contributed by atoms with Crippen LogP contribution < -0.4 is 10.6 Å². The second-order valence-corrected chi connectivity index (χ2v) is 8.27. The molecule has 0 fully saturated rings. The van der Waals surface area contributed by atoms with Gasteiger partial charge in [0.05, 0.1) is 20.7 Å². The number of amides is 1. The zero-order chi connectivity index (χ0) is 22.8. The molecular weight excluding hydrogens is 448 g/mol. The predicted octanol–water partition coefficient (Wildman–Crippen LogP) is 5.01. The van der Waals surface area contributed by atoms with Gasteiger partial charge in [-0.1, -0.05) is 18.2 Å². The molecule has 0 aliphatic carbocycles. The number of nitrogens with zero attached hydrogens (tertiary/aromatic N) is 2. The molecule has 0 radical (unpaired) electrons. The molecule has 0 spiro atoms. The van der Waals surface area contributed by atoms with E-state index in [0.29, 0.717) is 16.3 Å². The second-order valence-electron chi connectivity index (χ2n) is 6.83. The van der Waals surface area contributed by atoms with Gasteiger partial charge in [0.15, 0.2) is 5.11 Å². The van der Waals surface area contributed by atoms with Crippen molar-refractivity contribution in [3.05, 3.63) is 81.9 Å². The minimum Gasteiger partial charge on any atom is -0.507 e. The largest absolute Gasteiger partial charge is 0.507 e. The first-order valence-electron chi connectivity index (χ1n) is 9.39. The molecule has 0 aliphatic rings. The van der Waals surface area contributed by atoms with Crippen molar-refractivity contribution in [3.63, 3.8) is 0 Å². The Bertz CT molecular complexity index is 1350. The van der Waals surface area contributed by atoms with E-state index in [1.165, 1.54) is 42.5 Å². The number of carbonyl (C=O) groups excluding carboxylic acids is 1. The van der Waals surface area contributed by atoms with Crippen molar-refractivity contribution in [2.24, 2.45) is 0 Å². The van der Waals surface area contributed by atoms with Crippen molar-refractivity contribution in [2.45, 2.75) is 6.92 Å². The third-order valence-corrected chi connectivity index (χ3v) is 6.03. The van der Waals surface area contributed by atoms with Crippen LogP contribution in [0.2, 0.25) is 0 Å². The first kappa shape index (κ1) is 21.3. The molecule has 0 unspecified atom stereocenters. The van der Waals surface area contributed by atoms with E-state index in [0.717, 1.165) is 10.2 Å². The molecule has 0 atom stereocenters. The topological polar surface area (TPSA) is 117 Å². The molecule has 4 rings (SSSR count). The molecule has 0 bridgehead atoms. The molecule has 3 aromatic carbocycles.